The molecule has 0 radical (unpaired) electrons. The first-order chi connectivity index (χ1) is 14.4. The summed E-state index contributed by atoms with van der Waals surface area (Å²) in [6, 6.07) is 13.9. The number of benzene rings is 2. The number of anilines is 1. The molecule has 1 fully saturated rings. The lowest BCUT2D eigenvalue weighted by Gasteiger charge is -2.16. The Labute approximate surface area is 183 Å². The van der Waals surface area contributed by atoms with E-state index in [0.717, 1.165) is 40.9 Å². The third kappa shape index (κ3) is 5.51. The number of carbonyl (C=O) groups excluding carboxylic acids is 2. The van der Waals surface area contributed by atoms with E-state index in [9.17, 15) is 9.59 Å². The molecule has 5 nitrogen and oxygen atoms in total. The number of thioether (sulfide) groups is 1. The molecule has 0 saturated carbocycles. The molecule has 158 valence electrons. The summed E-state index contributed by atoms with van der Waals surface area (Å²) in [4.78, 5) is 32.2. The molecular weight excluding hydrogens is 394 g/mol. The summed E-state index contributed by atoms with van der Waals surface area (Å²) in [5.41, 5.74) is 4.83. The van der Waals surface area contributed by atoms with Gasteiger partial charge in [-0.1, -0.05) is 49.4 Å². The minimum Gasteiger partial charge on any atom is -0.326 e. The van der Waals surface area contributed by atoms with Crippen LogP contribution in [0.5, 0.6) is 0 Å². The van der Waals surface area contributed by atoms with Crippen LogP contribution in [0.25, 0.3) is 0 Å². The lowest BCUT2D eigenvalue weighted by Crippen LogP contribution is -2.34. The molecule has 3 rings (SSSR count). The normalized spacial score (nSPS) is 17.6. The van der Waals surface area contributed by atoms with E-state index >= 15 is 0 Å². The Kier molecular flexibility index (Phi) is 7.32. The van der Waals surface area contributed by atoms with Gasteiger partial charge in [0.2, 0.25) is 11.8 Å². The Balaban J connectivity index is 1.75. The second kappa shape index (κ2) is 9.94. The van der Waals surface area contributed by atoms with Gasteiger partial charge in [-0.3, -0.25) is 14.5 Å². The van der Waals surface area contributed by atoms with Crippen LogP contribution >= 0.6 is 11.8 Å². The van der Waals surface area contributed by atoms with Crippen molar-refractivity contribution in [1.82, 2.24) is 4.90 Å². The average Bonchev–Trinajstić information content (AvgIpc) is 2.97. The van der Waals surface area contributed by atoms with E-state index in [2.05, 4.69) is 12.2 Å². The van der Waals surface area contributed by atoms with Crippen LogP contribution in [0.1, 0.15) is 42.9 Å². The van der Waals surface area contributed by atoms with Gasteiger partial charge in [0.15, 0.2) is 5.17 Å². The zero-order chi connectivity index (χ0) is 21.7. The second-order valence-corrected chi connectivity index (χ2v) is 8.92. The van der Waals surface area contributed by atoms with Crippen molar-refractivity contribution < 1.29 is 9.59 Å². The van der Waals surface area contributed by atoms with Gasteiger partial charge < -0.3 is 5.32 Å². The molecule has 1 saturated heterocycles. The van der Waals surface area contributed by atoms with Crippen molar-refractivity contribution in [1.29, 1.82) is 0 Å². The first-order valence-electron chi connectivity index (χ1n) is 10.4. The van der Waals surface area contributed by atoms with E-state index in [4.69, 9.17) is 4.99 Å². The Hall–Kier alpha value is -2.60. The van der Waals surface area contributed by atoms with Crippen molar-refractivity contribution in [3.8, 4) is 0 Å². The van der Waals surface area contributed by atoms with Crippen molar-refractivity contribution >= 4 is 40.1 Å². The number of amidine groups is 1. The molecule has 2 aromatic rings. The number of nitrogens with zero attached hydrogens (tertiary/aromatic N) is 2. The van der Waals surface area contributed by atoms with Crippen molar-refractivity contribution in [3.63, 3.8) is 0 Å². The zero-order valence-electron chi connectivity index (χ0n) is 18.1. The maximum atomic E-state index is 13.0. The molecule has 1 aliphatic rings. The number of rotatable bonds is 7. The molecule has 1 atom stereocenters. The molecule has 1 heterocycles. The molecular formula is C24H29N3O2S. The topological polar surface area (TPSA) is 61.8 Å². The number of amides is 2. The number of hydrogen-bond donors (Lipinski definition) is 1. The standard InChI is InChI=1S/C24H29N3O2S/c1-5-6-12-27-23(29)21(30-24(27)25-19-9-7-8-16(2)13-19)15-22(28)26-20-14-17(3)10-11-18(20)4/h7-11,13-14,21H,5-6,12,15H2,1-4H3,(H,26,28). The molecule has 1 N–H and O–H groups in total. The molecule has 2 aromatic carbocycles. The van der Waals surface area contributed by atoms with Gasteiger partial charge in [-0.25, -0.2) is 4.99 Å². The van der Waals surface area contributed by atoms with Crippen molar-refractivity contribution in [2.75, 3.05) is 11.9 Å². The van der Waals surface area contributed by atoms with E-state index in [-0.39, 0.29) is 18.2 Å². The summed E-state index contributed by atoms with van der Waals surface area (Å²) in [5, 5.41) is 3.20. The zero-order valence-corrected chi connectivity index (χ0v) is 18.9. The SMILES string of the molecule is CCCCN1C(=O)C(CC(=O)Nc2cc(C)ccc2C)SC1=Nc1cccc(C)c1. The number of aliphatic imine (C=N–C) groups is 1. The summed E-state index contributed by atoms with van der Waals surface area (Å²) in [7, 11) is 0. The first kappa shape index (κ1) is 22.1. The summed E-state index contributed by atoms with van der Waals surface area (Å²) >= 11 is 1.39. The highest BCUT2D eigenvalue weighted by molar-refractivity contribution is 8.15. The van der Waals surface area contributed by atoms with Gasteiger partial charge in [-0.15, -0.1) is 0 Å². The molecule has 1 unspecified atom stereocenters. The number of hydrogen-bond acceptors (Lipinski definition) is 4. The summed E-state index contributed by atoms with van der Waals surface area (Å²) in [6.07, 6.45) is 2.02. The fourth-order valence-electron chi connectivity index (χ4n) is 3.30. The molecule has 0 bridgehead atoms. The monoisotopic (exact) mass is 423 g/mol. The van der Waals surface area contributed by atoms with Crippen molar-refractivity contribution in [2.45, 2.75) is 52.2 Å². The Morgan fingerprint density at radius 3 is 2.63 bits per heavy atom. The lowest BCUT2D eigenvalue weighted by atomic mass is 10.1. The van der Waals surface area contributed by atoms with E-state index in [1.165, 1.54) is 11.8 Å². The minimum atomic E-state index is -0.449. The molecule has 0 spiro atoms. The fraction of sp³-hybridized carbons (Fsp3) is 0.375. The van der Waals surface area contributed by atoms with Crippen LogP contribution in [0, 0.1) is 20.8 Å². The van der Waals surface area contributed by atoms with E-state index in [1.807, 2.05) is 63.2 Å². The molecule has 6 heteroatoms. The van der Waals surface area contributed by atoms with Crippen molar-refractivity contribution in [3.05, 3.63) is 59.2 Å². The minimum absolute atomic E-state index is 0.0315. The van der Waals surface area contributed by atoms with Crippen LogP contribution in [-0.4, -0.2) is 33.7 Å². The Bertz CT molecular complexity index is 971. The van der Waals surface area contributed by atoms with Gasteiger partial charge in [0, 0.05) is 18.7 Å². The quantitative estimate of drug-likeness (QED) is 0.651. The smallest absolute Gasteiger partial charge is 0.242 e. The highest BCUT2D eigenvalue weighted by Crippen LogP contribution is 2.32. The number of nitrogens with one attached hydrogen (secondary N) is 1. The Morgan fingerprint density at radius 1 is 1.13 bits per heavy atom. The fourth-order valence-corrected chi connectivity index (χ4v) is 4.48. The maximum Gasteiger partial charge on any atom is 0.242 e. The average molecular weight is 424 g/mol. The molecule has 0 aromatic heterocycles. The van der Waals surface area contributed by atoms with Crippen LogP contribution in [0.15, 0.2) is 47.5 Å². The van der Waals surface area contributed by atoms with E-state index in [0.29, 0.717) is 11.7 Å². The van der Waals surface area contributed by atoms with Gasteiger partial charge >= 0.3 is 0 Å². The third-order valence-electron chi connectivity index (χ3n) is 5.02. The van der Waals surface area contributed by atoms with Gasteiger partial charge in [-0.05, 0) is 62.1 Å². The van der Waals surface area contributed by atoms with Crippen LogP contribution in [0.4, 0.5) is 11.4 Å². The third-order valence-corrected chi connectivity index (χ3v) is 6.19. The lowest BCUT2D eigenvalue weighted by molar-refractivity contribution is -0.128. The predicted octanol–water partition coefficient (Wildman–Crippen LogP) is 5.37. The van der Waals surface area contributed by atoms with Gasteiger partial charge in [0.1, 0.15) is 5.25 Å². The molecule has 1 aliphatic heterocycles. The van der Waals surface area contributed by atoms with E-state index < -0.39 is 5.25 Å². The highest BCUT2D eigenvalue weighted by Gasteiger charge is 2.38. The van der Waals surface area contributed by atoms with Gasteiger partial charge in [0.05, 0.1) is 5.69 Å². The van der Waals surface area contributed by atoms with Gasteiger partial charge in [0.25, 0.3) is 0 Å². The van der Waals surface area contributed by atoms with Gasteiger partial charge in [-0.2, -0.15) is 0 Å². The Morgan fingerprint density at radius 2 is 1.90 bits per heavy atom. The highest BCUT2D eigenvalue weighted by atomic mass is 32.2. The maximum absolute atomic E-state index is 13.0. The van der Waals surface area contributed by atoms with E-state index in [1.54, 1.807) is 4.90 Å². The van der Waals surface area contributed by atoms with Crippen LogP contribution < -0.4 is 5.32 Å². The second-order valence-electron chi connectivity index (χ2n) is 7.75. The molecule has 0 aliphatic carbocycles. The number of aryl methyl sites for hydroxylation is 3. The van der Waals surface area contributed by atoms with Crippen molar-refractivity contribution in [2.24, 2.45) is 4.99 Å². The summed E-state index contributed by atoms with van der Waals surface area (Å²) in [5.74, 6) is -0.183. The number of carbonyl (C=O) groups is 2. The largest absolute Gasteiger partial charge is 0.326 e. The molecule has 2 amide bonds. The van der Waals surface area contributed by atoms with Crippen LogP contribution in [-0.2, 0) is 9.59 Å². The van der Waals surface area contributed by atoms with Crippen LogP contribution in [0.3, 0.4) is 0 Å². The van der Waals surface area contributed by atoms with Crippen LogP contribution in [0.2, 0.25) is 0 Å². The summed E-state index contributed by atoms with van der Waals surface area (Å²) in [6.45, 7) is 8.70. The molecule has 30 heavy (non-hydrogen) atoms. The summed E-state index contributed by atoms with van der Waals surface area (Å²) < 4.78 is 0. The first-order valence-corrected chi connectivity index (χ1v) is 11.3. The predicted molar refractivity (Wildman–Crippen MR) is 125 cm³/mol. The number of unbranched alkanes of at least 4 members (excludes halogenated alkanes) is 1.